The van der Waals surface area contributed by atoms with E-state index >= 15 is 0 Å². The summed E-state index contributed by atoms with van der Waals surface area (Å²) in [5, 5.41) is 2.78. The topological polar surface area (TPSA) is 98.2 Å². The number of hydrogen-bond acceptors (Lipinski definition) is 4. The van der Waals surface area contributed by atoms with Crippen LogP contribution in [0.25, 0.3) is 0 Å². The third kappa shape index (κ3) is 2.18. The molecule has 0 aliphatic heterocycles. The molecule has 1 fully saturated rings. The molecule has 20 heavy (non-hydrogen) atoms. The number of anilines is 2. The Bertz CT molecular complexity index is 653. The van der Waals surface area contributed by atoms with Crippen LogP contribution in [0, 0.1) is 5.92 Å². The van der Waals surface area contributed by atoms with E-state index in [0.717, 1.165) is 12.0 Å². The number of nitrogen functional groups attached to an aromatic ring is 2. The highest BCUT2D eigenvalue weighted by Gasteiger charge is 2.34. The molecule has 1 aromatic rings. The first kappa shape index (κ1) is 12.5. The van der Waals surface area contributed by atoms with Gasteiger partial charge in [-0.1, -0.05) is 6.08 Å². The molecule has 2 aliphatic carbocycles. The predicted octanol–water partition coefficient (Wildman–Crippen LogP) is 1.38. The van der Waals surface area contributed by atoms with Crippen LogP contribution in [0.1, 0.15) is 23.2 Å². The Hall–Kier alpha value is -2.56. The second kappa shape index (κ2) is 4.52. The van der Waals surface area contributed by atoms with Crippen molar-refractivity contribution in [3.63, 3.8) is 0 Å². The Morgan fingerprint density at radius 2 is 1.90 bits per heavy atom. The van der Waals surface area contributed by atoms with Crippen molar-refractivity contribution < 1.29 is 9.59 Å². The molecule has 1 saturated carbocycles. The zero-order valence-electron chi connectivity index (χ0n) is 10.8. The van der Waals surface area contributed by atoms with Gasteiger partial charge in [-0.25, -0.2) is 0 Å². The average molecular weight is 269 g/mol. The lowest BCUT2D eigenvalue weighted by atomic mass is 9.73. The summed E-state index contributed by atoms with van der Waals surface area (Å²) in [6.45, 7) is 0. The van der Waals surface area contributed by atoms with Gasteiger partial charge in [0, 0.05) is 34.6 Å². The highest BCUT2D eigenvalue weighted by molar-refractivity contribution is 6.04. The number of benzene rings is 1. The van der Waals surface area contributed by atoms with Crippen LogP contribution < -0.4 is 16.8 Å². The molecule has 0 bridgehead atoms. The van der Waals surface area contributed by atoms with Crippen LogP contribution in [-0.2, 0) is 4.79 Å². The molecule has 0 spiro atoms. The highest BCUT2D eigenvalue weighted by atomic mass is 16.1. The summed E-state index contributed by atoms with van der Waals surface area (Å²) >= 11 is 0. The number of rotatable bonds is 2. The lowest BCUT2D eigenvalue weighted by Gasteiger charge is -2.30. The highest BCUT2D eigenvalue weighted by Crippen LogP contribution is 2.36. The van der Waals surface area contributed by atoms with Crippen molar-refractivity contribution in [2.75, 3.05) is 11.5 Å². The van der Waals surface area contributed by atoms with Gasteiger partial charge in [-0.05, 0) is 36.6 Å². The van der Waals surface area contributed by atoms with Crippen LogP contribution in [0.15, 0.2) is 41.6 Å². The van der Waals surface area contributed by atoms with Crippen LogP contribution >= 0.6 is 0 Å². The monoisotopic (exact) mass is 269 g/mol. The first-order chi connectivity index (χ1) is 9.52. The fourth-order valence-electron chi connectivity index (χ4n) is 2.55. The van der Waals surface area contributed by atoms with E-state index in [9.17, 15) is 9.59 Å². The summed E-state index contributed by atoms with van der Waals surface area (Å²) in [6, 6.07) is 4.73. The summed E-state index contributed by atoms with van der Waals surface area (Å²) in [7, 11) is 0. The zero-order valence-corrected chi connectivity index (χ0v) is 10.8. The third-order valence-electron chi connectivity index (χ3n) is 3.62. The second-order valence-electron chi connectivity index (χ2n) is 5.16. The predicted molar refractivity (Wildman–Crippen MR) is 76.6 cm³/mol. The van der Waals surface area contributed by atoms with Gasteiger partial charge in [-0.15, -0.1) is 0 Å². The maximum atomic E-state index is 12.1. The quantitative estimate of drug-likeness (QED) is 0.706. The summed E-state index contributed by atoms with van der Waals surface area (Å²) < 4.78 is 0. The number of Topliss-reactive ketones (excluding diaryl/α,β-unsaturated/α-hetero) is 1. The van der Waals surface area contributed by atoms with E-state index < -0.39 is 0 Å². The molecular weight excluding hydrogens is 254 g/mol. The Kier molecular flexibility index (Phi) is 2.82. The minimum Gasteiger partial charge on any atom is -0.399 e. The fraction of sp³-hybridized carbons (Fsp3) is 0.200. The van der Waals surface area contributed by atoms with Crippen molar-refractivity contribution in [1.29, 1.82) is 0 Å². The van der Waals surface area contributed by atoms with E-state index in [1.54, 1.807) is 24.3 Å². The van der Waals surface area contributed by atoms with Gasteiger partial charge in [-0.3, -0.25) is 9.59 Å². The van der Waals surface area contributed by atoms with E-state index in [4.69, 9.17) is 11.5 Å². The van der Waals surface area contributed by atoms with Crippen molar-refractivity contribution in [1.82, 2.24) is 5.32 Å². The van der Waals surface area contributed by atoms with Gasteiger partial charge in [0.1, 0.15) is 0 Å². The number of carbonyl (C=O) groups excluding carboxylic acids is 2. The lowest BCUT2D eigenvalue weighted by Crippen LogP contribution is -2.32. The molecule has 5 N–H and O–H groups in total. The molecule has 1 amide bonds. The summed E-state index contributed by atoms with van der Waals surface area (Å²) in [5.41, 5.74) is 14.1. The first-order valence-electron chi connectivity index (χ1n) is 6.45. The molecule has 1 aromatic carbocycles. The van der Waals surface area contributed by atoms with E-state index in [1.165, 1.54) is 0 Å². The largest absolute Gasteiger partial charge is 0.399 e. The minimum atomic E-state index is -0.280. The second-order valence-corrected chi connectivity index (χ2v) is 5.16. The van der Waals surface area contributed by atoms with Crippen molar-refractivity contribution >= 4 is 23.1 Å². The molecule has 1 unspecified atom stereocenters. The van der Waals surface area contributed by atoms with Crippen molar-refractivity contribution in [2.45, 2.75) is 12.8 Å². The molecule has 5 nitrogen and oxygen atoms in total. The van der Waals surface area contributed by atoms with Crippen molar-refractivity contribution in [2.24, 2.45) is 5.92 Å². The molecule has 0 heterocycles. The van der Waals surface area contributed by atoms with Crippen LogP contribution in [0.2, 0.25) is 0 Å². The number of nitrogens with one attached hydrogen (secondary N) is 1. The number of fused-ring (bicyclic) bond motifs is 1. The number of carbonyl (C=O) groups is 2. The van der Waals surface area contributed by atoms with Gasteiger partial charge in [0.05, 0.1) is 0 Å². The Morgan fingerprint density at radius 3 is 2.55 bits per heavy atom. The zero-order chi connectivity index (χ0) is 14.3. The van der Waals surface area contributed by atoms with Gasteiger partial charge in [0.25, 0.3) is 5.91 Å². The third-order valence-corrected chi connectivity index (χ3v) is 3.62. The SMILES string of the molecule is Nc1cc(N)cc(C(=O)NC2=CCC3CC(=O)C3=C2)c1. The normalized spacial score (nSPS) is 20.4. The number of ketones is 1. The fourth-order valence-corrected chi connectivity index (χ4v) is 2.55. The van der Waals surface area contributed by atoms with Crippen LogP contribution in [0.4, 0.5) is 11.4 Å². The van der Waals surface area contributed by atoms with E-state index in [-0.39, 0.29) is 11.7 Å². The van der Waals surface area contributed by atoms with Gasteiger partial charge < -0.3 is 16.8 Å². The van der Waals surface area contributed by atoms with Gasteiger partial charge in [0.15, 0.2) is 5.78 Å². The van der Waals surface area contributed by atoms with E-state index in [2.05, 4.69) is 5.32 Å². The molecule has 0 saturated heterocycles. The average Bonchev–Trinajstić information content (AvgIpc) is 2.38. The first-order valence-corrected chi connectivity index (χ1v) is 6.45. The number of amides is 1. The number of nitrogens with two attached hydrogens (primary N) is 2. The molecule has 2 aliphatic rings. The lowest BCUT2D eigenvalue weighted by molar-refractivity contribution is -0.120. The van der Waals surface area contributed by atoms with Gasteiger partial charge in [0.2, 0.25) is 0 Å². The molecule has 1 atom stereocenters. The molecule has 102 valence electrons. The molecule has 5 heteroatoms. The Balaban J connectivity index is 1.76. The van der Waals surface area contributed by atoms with Crippen LogP contribution in [-0.4, -0.2) is 11.7 Å². The number of allylic oxidation sites excluding steroid dienone is 3. The van der Waals surface area contributed by atoms with Crippen molar-refractivity contribution in [3.8, 4) is 0 Å². The minimum absolute atomic E-state index is 0.169. The maximum absolute atomic E-state index is 12.1. The van der Waals surface area contributed by atoms with Gasteiger partial charge in [-0.2, -0.15) is 0 Å². The Labute approximate surface area is 116 Å². The van der Waals surface area contributed by atoms with Gasteiger partial charge >= 0.3 is 0 Å². The van der Waals surface area contributed by atoms with Crippen molar-refractivity contribution in [3.05, 3.63) is 47.2 Å². The standard InChI is InChI=1S/C15H15N3O2/c16-10-3-9(4-11(17)6-10)15(20)18-12-2-1-8-5-14(19)13(8)7-12/h2-4,6-8H,1,5,16-17H2,(H,18,20). The van der Waals surface area contributed by atoms with Crippen LogP contribution in [0.3, 0.4) is 0 Å². The van der Waals surface area contributed by atoms with E-state index in [1.807, 2.05) is 6.08 Å². The van der Waals surface area contributed by atoms with E-state index in [0.29, 0.717) is 35.0 Å². The molecule has 0 aromatic heterocycles. The summed E-state index contributed by atoms with van der Waals surface area (Å²) in [4.78, 5) is 23.5. The summed E-state index contributed by atoms with van der Waals surface area (Å²) in [5.74, 6) is 0.228. The molecular formula is C15H15N3O2. The summed E-state index contributed by atoms with van der Waals surface area (Å²) in [6.07, 6.45) is 5.11. The molecule has 0 radical (unpaired) electrons. The van der Waals surface area contributed by atoms with Crippen LogP contribution in [0.5, 0.6) is 0 Å². The Morgan fingerprint density at radius 1 is 1.20 bits per heavy atom. The molecule has 3 rings (SSSR count). The number of hydrogen-bond donors (Lipinski definition) is 3. The smallest absolute Gasteiger partial charge is 0.255 e. The maximum Gasteiger partial charge on any atom is 0.255 e.